The normalized spacial score (nSPS) is 20.2. The first-order valence-electron chi connectivity index (χ1n) is 7.73. The van der Waals surface area contributed by atoms with Gasteiger partial charge in [-0.05, 0) is 38.7 Å². The van der Waals surface area contributed by atoms with Crippen LogP contribution in [0.25, 0.3) is 0 Å². The summed E-state index contributed by atoms with van der Waals surface area (Å²) in [5.41, 5.74) is 4.30. The SMILES string of the molecule is CC(C)n1nccc1C(NN)C1CCCCCCC1. The molecular formula is C15H28N4. The molecule has 1 heterocycles. The third-order valence-corrected chi connectivity index (χ3v) is 4.31. The van der Waals surface area contributed by atoms with E-state index < -0.39 is 0 Å². The lowest BCUT2D eigenvalue weighted by atomic mass is 9.84. The summed E-state index contributed by atoms with van der Waals surface area (Å²) in [6.45, 7) is 4.34. The first-order valence-corrected chi connectivity index (χ1v) is 7.73. The number of rotatable bonds is 4. The molecule has 0 aromatic carbocycles. The van der Waals surface area contributed by atoms with E-state index in [1.54, 1.807) is 0 Å². The van der Waals surface area contributed by atoms with E-state index in [-0.39, 0.29) is 6.04 Å². The van der Waals surface area contributed by atoms with E-state index >= 15 is 0 Å². The van der Waals surface area contributed by atoms with Crippen LogP contribution in [-0.4, -0.2) is 9.78 Å². The molecule has 1 unspecified atom stereocenters. The number of hydrogen-bond donors (Lipinski definition) is 2. The molecule has 1 aliphatic carbocycles. The fourth-order valence-corrected chi connectivity index (χ4v) is 3.29. The second-order valence-electron chi connectivity index (χ2n) is 6.04. The smallest absolute Gasteiger partial charge is 0.0657 e. The molecule has 4 nitrogen and oxygen atoms in total. The fourth-order valence-electron chi connectivity index (χ4n) is 3.29. The second-order valence-corrected chi connectivity index (χ2v) is 6.04. The third kappa shape index (κ3) is 3.57. The van der Waals surface area contributed by atoms with Gasteiger partial charge in [-0.3, -0.25) is 16.0 Å². The number of nitrogens with two attached hydrogens (primary N) is 1. The van der Waals surface area contributed by atoms with Crippen molar-refractivity contribution in [2.45, 2.75) is 70.9 Å². The predicted octanol–water partition coefficient (Wildman–Crippen LogP) is 3.33. The summed E-state index contributed by atoms with van der Waals surface area (Å²) in [4.78, 5) is 0. The van der Waals surface area contributed by atoms with Gasteiger partial charge in [0.05, 0.1) is 11.7 Å². The Morgan fingerprint density at radius 3 is 2.42 bits per heavy atom. The molecule has 1 fully saturated rings. The third-order valence-electron chi connectivity index (χ3n) is 4.31. The Bertz CT molecular complexity index is 364. The summed E-state index contributed by atoms with van der Waals surface area (Å²) in [7, 11) is 0. The van der Waals surface area contributed by atoms with Crippen LogP contribution >= 0.6 is 0 Å². The topological polar surface area (TPSA) is 55.9 Å². The highest BCUT2D eigenvalue weighted by Crippen LogP contribution is 2.33. The molecule has 1 aromatic heterocycles. The van der Waals surface area contributed by atoms with Crippen molar-refractivity contribution in [1.29, 1.82) is 0 Å². The van der Waals surface area contributed by atoms with Gasteiger partial charge in [-0.25, -0.2) is 0 Å². The molecular weight excluding hydrogens is 236 g/mol. The van der Waals surface area contributed by atoms with Gasteiger partial charge in [0.1, 0.15) is 0 Å². The van der Waals surface area contributed by atoms with Crippen molar-refractivity contribution in [2.75, 3.05) is 0 Å². The van der Waals surface area contributed by atoms with E-state index in [4.69, 9.17) is 5.84 Å². The average Bonchev–Trinajstić information content (AvgIpc) is 2.81. The van der Waals surface area contributed by atoms with Crippen molar-refractivity contribution in [1.82, 2.24) is 15.2 Å². The number of nitrogens with one attached hydrogen (secondary N) is 1. The molecule has 0 radical (unpaired) electrons. The Balaban J connectivity index is 2.15. The lowest BCUT2D eigenvalue weighted by molar-refractivity contribution is 0.275. The Morgan fingerprint density at radius 2 is 1.84 bits per heavy atom. The van der Waals surface area contributed by atoms with E-state index in [0.29, 0.717) is 12.0 Å². The number of aromatic nitrogens is 2. The number of nitrogens with zero attached hydrogens (tertiary/aromatic N) is 2. The maximum Gasteiger partial charge on any atom is 0.0657 e. The van der Waals surface area contributed by atoms with Gasteiger partial charge in [0.2, 0.25) is 0 Å². The number of hydrazine groups is 1. The van der Waals surface area contributed by atoms with E-state index in [2.05, 4.69) is 35.1 Å². The molecule has 1 aromatic rings. The minimum absolute atomic E-state index is 0.239. The van der Waals surface area contributed by atoms with Crippen LogP contribution < -0.4 is 11.3 Å². The molecule has 0 bridgehead atoms. The van der Waals surface area contributed by atoms with E-state index in [9.17, 15) is 0 Å². The van der Waals surface area contributed by atoms with Crippen molar-refractivity contribution in [3.63, 3.8) is 0 Å². The lowest BCUT2D eigenvalue weighted by Gasteiger charge is -2.29. The summed E-state index contributed by atoms with van der Waals surface area (Å²) >= 11 is 0. The first kappa shape index (κ1) is 14.5. The highest BCUT2D eigenvalue weighted by molar-refractivity contribution is 5.09. The summed E-state index contributed by atoms with van der Waals surface area (Å²) in [6.07, 6.45) is 11.3. The Kier molecular flexibility index (Phi) is 5.40. The van der Waals surface area contributed by atoms with Gasteiger partial charge in [-0.1, -0.05) is 32.1 Å². The molecule has 1 aliphatic rings. The molecule has 4 heteroatoms. The highest BCUT2D eigenvalue weighted by atomic mass is 15.3. The van der Waals surface area contributed by atoms with Crippen molar-refractivity contribution < 1.29 is 0 Å². The van der Waals surface area contributed by atoms with Gasteiger partial charge in [0.25, 0.3) is 0 Å². The molecule has 2 rings (SSSR count). The van der Waals surface area contributed by atoms with Crippen LogP contribution in [0.3, 0.4) is 0 Å². The largest absolute Gasteiger partial charge is 0.271 e. The minimum atomic E-state index is 0.239. The molecule has 1 saturated carbocycles. The maximum atomic E-state index is 5.86. The van der Waals surface area contributed by atoms with Crippen molar-refractivity contribution in [3.05, 3.63) is 18.0 Å². The molecule has 0 amide bonds. The quantitative estimate of drug-likeness (QED) is 0.648. The van der Waals surface area contributed by atoms with Crippen molar-refractivity contribution in [3.8, 4) is 0 Å². The van der Waals surface area contributed by atoms with Crippen LogP contribution in [0, 0.1) is 5.92 Å². The van der Waals surface area contributed by atoms with E-state index in [1.807, 2.05) is 6.20 Å². The van der Waals surface area contributed by atoms with E-state index in [1.165, 1.54) is 50.6 Å². The Morgan fingerprint density at radius 1 is 1.21 bits per heavy atom. The highest BCUT2D eigenvalue weighted by Gasteiger charge is 2.25. The summed E-state index contributed by atoms with van der Waals surface area (Å²) < 4.78 is 2.10. The van der Waals surface area contributed by atoms with Crippen molar-refractivity contribution >= 4 is 0 Å². The first-order chi connectivity index (χ1) is 9.24. The van der Waals surface area contributed by atoms with Gasteiger partial charge >= 0.3 is 0 Å². The second kappa shape index (κ2) is 7.06. The lowest BCUT2D eigenvalue weighted by Crippen LogP contribution is -2.35. The Labute approximate surface area is 116 Å². The zero-order valence-electron chi connectivity index (χ0n) is 12.3. The predicted molar refractivity (Wildman–Crippen MR) is 78.5 cm³/mol. The van der Waals surface area contributed by atoms with Gasteiger partial charge in [-0.2, -0.15) is 5.10 Å². The molecule has 19 heavy (non-hydrogen) atoms. The monoisotopic (exact) mass is 264 g/mol. The number of hydrogen-bond acceptors (Lipinski definition) is 3. The molecule has 0 saturated heterocycles. The van der Waals surface area contributed by atoms with Gasteiger partial charge in [-0.15, -0.1) is 0 Å². The molecule has 0 aliphatic heterocycles. The maximum absolute atomic E-state index is 5.86. The van der Waals surface area contributed by atoms with Crippen molar-refractivity contribution in [2.24, 2.45) is 11.8 Å². The molecule has 3 N–H and O–H groups in total. The average molecular weight is 264 g/mol. The van der Waals surface area contributed by atoms with Gasteiger partial charge in [0, 0.05) is 12.2 Å². The zero-order chi connectivity index (χ0) is 13.7. The summed E-state index contributed by atoms with van der Waals surface area (Å²) in [6, 6.07) is 2.74. The molecule has 1 atom stereocenters. The van der Waals surface area contributed by atoms with Gasteiger partial charge < -0.3 is 0 Å². The fraction of sp³-hybridized carbons (Fsp3) is 0.800. The Hall–Kier alpha value is -0.870. The van der Waals surface area contributed by atoms with Crippen LogP contribution in [-0.2, 0) is 0 Å². The van der Waals surface area contributed by atoms with Crippen LogP contribution in [0.5, 0.6) is 0 Å². The van der Waals surface area contributed by atoms with Crippen LogP contribution in [0.2, 0.25) is 0 Å². The van der Waals surface area contributed by atoms with Gasteiger partial charge in [0.15, 0.2) is 0 Å². The molecule has 0 spiro atoms. The summed E-state index contributed by atoms with van der Waals surface area (Å²) in [5, 5.41) is 4.44. The molecule has 108 valence electrons. The van der Waals surface area contributed by atoms with Crippen LogP contribution in [0.4, 0.5) is 0 Å². The summed E-state index contributed by atoms with van der Waals surface area (Å²) in [5.74, 6) is 6.50. The van der Waals surface area contributed by atoms with Crippen LogP contribution in [0.1, 0.15) is 76.6 Å². The van der Waals surface area contributed by atoms with E-state index in [0.717, 1.165) is 0 Å². The van der Waals surface area contributed by atoms with Crippen LogP contribution in [0.15, 0.2) is 12.3 Å². The standard InChI is InChI=1S/C15H28N4/c1-12(2)19-14(10-11-17-19)15(18-16)13-8-6-4-3-5-7-9-13/h10-13,15,18H,3-9,16H2,1-2H3. The minimum Gasteiger partial charge on any atom is -0.271 e. The zero-order valence-corrected chi connectivity index (χ0v) is 12.3.